The maximum absolute atomic E-state index is 12.5. The molecule has 5 nitrogen and oxygen atoms in total. The number of hydrogen-bond acceptors (Lipinski definition) is 4. The summed E-state index contributed by atoms with van der Waals surface area (Å²) in [5, 5.41) is 3.79. The van der Waals surface area contributed by atoms with Crippen molar-refractivity contribution >= 4 is 23.2 Å². The van der Waals surface area contributed by atoms with Gasteiger partial charge in [0.1, 0.15) is 6.04 Å². The topological polar surface area (TPSA) is 66.6 Å². The molecular weight excluding hydrogens is 322 g/mol. The highest BCUT2D eigenvalue weighted by molar-refractivity contribution is 7.08. The second-order valence-electron chi connectivity index (χ2n) is 5.91. The molecule has 0 bridgehead atoms. The van der Waals surface area contributed by atoms with Gasteiger partial charge in [0, 0.05) is 31.6 Å². The van der Waals surface area contributed by atoms with Gasteiger partial charge in [-0.05, 0) is 23.4 Å². The molecule has 0 spiro atoms. The number of rotatable bonds is 4. The van der Waals surface area contributed by atoms with E-state index in [9.17, 15) is 9.59 Å². The molecule has 0 unspecified atom stereocenters. The summed E-state index contributed by atoms with van der Waals surface area (Å²) in [6, 6.07) is 11.0. The Bertz CT molecular complexity index is 688. The van der Waals surface area contributed by atoms with Gasteiger partial charge in [0.2, 0.25) is 5.91 Å². The number of thiophene rings is 1. The van der Waals surface area contributed by atoms with Gasteiger partial charge >= 0.3 is 0 Å². The Morgan fingerprint density at radius 3 is 2.50 bits per heavy atom. The van der Waals surface area contributed by atoms with Crippen LogP contribution in [0.2, 0.25) is 0 Å². The number of nitrogens with two attached hydrogens (primary N) is 1. The van der Waals surface area contributed by atoms with E-state index >= 15 is 0 Å². The average Bonchev–Trinajstić information content (AvgIpc) is 3.02. The van der Waals surface area contributed by atoms with E-state index in [1.807, 2.05) is 52.1 Å². The van der Waals surface area contributed by atoms with Gasteiger partial charge in [-0.15, -0.1) is 0 Å². The largest absolute Gasteiger partial charge is 0.368 e. The third-order valence-electron chi connectivity index (χ3n) is 4.34. The fraction of sp³-hybridized carbons (Fsp3) is 0.333. The van der Waals surface area contributed by atoms with Crippen molar-refractivity contribution in [1.82, 2.24) is 9.80 Å². The van der Waals surface area contributed by atoms with E-state index < -0.39 is 6.04 Å². The van der Waals surface area contributed by atoms with Gasteiger partial charge in [-0.2, -0.15) is 11.3 Å². The van der Waals surface area contributed by atoms with Crippen molar-refractivity contribution < 1.29 is 9.59 Å². The lowest BCUT2D eigenvalue weighted by atomic mass is 10.0. The molecule has 1 fully saturated rings. The molecule has 1 aliphatic rings. The second-order valence-corrected chi connectivity index (χ2v) is 6.69. The van der Waals surface area contributed by atoms with Crippen LogP contribution in [0.4, 0.5) is 0 Å². The van der Waals surface area contributed by atoms with E-state index in [0.717, 1.165) is 24.1 Å². The van der Waals surface area contributed by atoms with Crippen molar-refractivity contribution in [3.05, 3.63) is 58.3 Å². The number of primary amides is 1. The number of hydrogen-bond donors (Lipinski definition) is 1. The van der Waals surface area contributed by atoms with Crippen molar-refractivity contribution in [3.8, 4) is 0 Å². The molecule has 1 aromatic heterocycles. The van der Waals surface area contributed by atoms with Crippen LogP contribution in [0.15, 0.2) is 47.2 Å². The highest BCUT2D eigenvalue weighted by Crippen LogP contribution is 2.22. The summed E-state index contributed by atoms with van der Waals surface area (Å²) in [6.07, 6.45) is 0.826. The van der Waals surface area contributed by atoms with Gasteiger partial charge in [-0.25, -0.2) is 0 Å². The number of carbonyl (C=O) groups excluding carboxylic acids is 2. The zero-order chi connectivity index (χ0) is 16.9. The highest BCUT2D eigenvalue weighted by atomic mass is 32.1. The number of nitrogens with zero attached hydrogens (tertiary/aromatic N) is 2. The second kappa shape index (κ2) is 7.59. The zero-order valence-electron chi connectivity index (χ0n) is 13.4. The first-order valence-electron chi connectivity index (χ1n) is 8.06. The molecular formula is C18H21N3O2S. The van der Waals surface area contributed by atoms with Gasteiger partial charge in [-0.1, -0.05) is 30.3 Å². The van der Waals surface area contributed by atoms with Crippen LogP contribution in [-0.2, 0) is 4.79 Å². The Hall–Kier alpha value is -2.18. The summed E-state index contributed by atoms with van der Waals surface area (Å²) < 4.78 is 0. The molecule has 1 atom stereocenters. The van der Waals surface area contributed by atoms with E-state index in [4.69, 9.17) is 5.73 Å². The molecule has 6 heteroatoms. The minimum absolute atomic E-state index is 0.0634. The van der Waals surface area contributed by atoms with Crippen LogP contribution >= 0.6 is 11.3 Å². The van der Waals surface area contributed by atoms with Gasteiger partial charge in [0.05, 0.1) is 5.56 Å². The molecule has 2 heterocycles. The first-order valence-corrected chi connectivity index (χ1v) is 9.01. The van der Waals surface area contributed by atoms with Crippen molar-refractivity contribution in [2.24, 2.45) is 5.73 Å². The summed E-state index contributed by atoms with van der Waals surface area (Å²) >= 11 is 1.52. The maximum atomic E-state index is 12.5. The summed E-state index contributed by atoms with van der Waals surface area (Å²) in [7, 11) is 0. The van der Waals surface area contributed by atoms with Crippen LogP contribution < -0.4 is 5.73 Å². The minimum Gasteiger partial charge on any atom is -0.368 e. The third kappa shape index (κ3) is 3.66. The molecule has 1 aromatic carbocycles. The molecule has 0 radical (unpaired) electrons. The summed E-state index contributed by atoms with van der Waals surface area (Å²) in [6.45, 7) is 2.69. The Labute approximate surface area is 145 Å². The first-order chi connectivity index (χ1) is 11.7. The molecule has 2 N–H and O–H groups in total. The van der Waals surface area contributed by atoms with Crippen LogP contribution in [0.25, 0.3) is 0 Å². The predicted molar refractivity (Wildman–Crippen MR) is 94.8 cm³/mol. The van der Waals surface area contributed by atoms with Crippen LogP contribution in [-0.4, -0.2) is 47.8 Å². The van der Waals surface area contributed by atoms with E-state index in [2.05, 4.69) is 4.90 Å². The SMILES string of the molecule is NC(=O)[C@H](c1ccccc1)N1CCCN(C(=O)c2ccsc2)CC1. The number of carbonyl (C=O) groups is 2. The number of benzene rings is 1. The molecule has 1 saturated heterocycles. The molecule has 1 aliphatic heterocycles. The lowest BCUT2D eigenvalue weighted by Crippen LogP contribution is -2.40. The first kappa shape index (κ1) is 16.7. The van der Waals surface area contributed by atoms with Gasteiger partial charge in [0.25, 0.3) is 5.91 Å². The molecule has 0 saturated carbocycles. The Morgan fingerprint density at radius 1 is 1.04 bits per heavy atom. The lowest BCUT2D eigenvalue weighted by Gasteiger charge is -2.28. The third-order valence-corrected chi connectivity index (χ3v) is 5.02. The average molecular weight is 343 g/mol. The van der Waals surface area contributed by atoms with E-state index in [-0.39, 0.29) is 11.8 Å². The van der Waals surface area contributed by atoms with Crippen molar-refractivity contribution in [1.29, 1.82) is 0 Å². The van der Waals surface area contributed by atoms with Gasteiger partial charge in [-0.3, -0.25) is 14.5 Å². The normalized spacial score (nSPS) is 17.2. The standard InChI is InChI=1S/C18H21N3O2S/c19-17(22)16(14-5-2-1-3-6-14)20-8-4-9-21(11-10-20)18(23)15-7-12-24-13-15/h1-3,5-7,12-13,16H,4,8-11H2,(H2,19,22)/t16-/m0/s1. The lowest BCUT2D eigenvalue weighted by molar-refractivity contribution is -0.123. The van der Waals surface area contributed by atoms with E-state index in [1.165, 1.54) is 11.3 Å². The monoisotopic (exact) mass is 343 g/mol. The van der Waals surface area contributed by atoms with Crippen molar-refractivity contribution in [2.75, 3.05) is 26.2 Å². The molecule has 2 amide bonds. The predicted octanol–water partition coefficient (Wildman–Crippen LogP) is 2.12. The van der Waals surface area contributed by atoms with Crippen LogP contribution in [0.1, 0.15) is 28.4 Å². The molecule has 2 aromatic rings. The summed E-state index contributed by atoms with van der Waals surface area (Å²) in [5.74, 6) is -0.285. The smallest absolute Gasteiger partial charge is 0.254 e. The van der Waals surface area contributed by atoms with E-state index in [0.29, 0.717) is 19.6 Å². The fourth-order valence-corrected chi connectivity index (χ4v) is 3.79. The minimum atomic E-state index is -0.442. The van der Waals surface area contributed by atoms with Gasteiger partial charge < -0.3 is 10.6 Å². The Balaban J connectivity index is 1.72. The summed E-state index contributed by atoms with van der Waals surface area (Å²) in [5.41, 5.74) is 7.31. The molecule has 0 aliphatic carbocycles. The maximum Gasteiger partial charge on any atom is 0.254 e. The van der Waals surface area contributed by atoms with Crippen molar-refractivity contribution in [3.63, 3.8) is 0 Å². The Morgan fingerprint density at radius 2 is 1.83 bits per heavy atom. The molecule has 24 heavy (non-hydrogen) atoms. The fourth-order valence-electron chi connectivity index (χ4n) is 3.16. The summed E-state index contributed by atoms with van der Waals surface area (Å²) in [4.78, 5) is 28.5. The van der Waals surface area contributed by atoms with Crippen LogP contribution in [0.5, 0.6) is 0 Å². The number of amides is 2. The molecule has 126 valence electrons. The van der Waals surface area contributed by atoms with Crippen LogP contribution in [0, 0.1) is 0 Å². The van der Waals surface area contributed by atoms with Gasteiger partial charge in [0.15, 0.2) is 0 Å². The Kier molecular flexibility index (Phi) is 5.27. The molecule has 3 rings (SSSR count). The highest BCUT2D eigenvalue weighted by Gasteiger charge is 2.28. The quantitative estimate of drug-likeness (QED) is 0.925. The van der Waals surface area contributed by atoms with Crippen molar-refractivity contribution in [2.45, 2.75) is 12.5 Å². The zero-order valence-corrected chi connectivity index (χ0v) is 14.2. The van der Waals surface area contributed by atoms with E-state index in [1.54, 1.807) is 0 Å². The van der Waals surface area contributed by atoms with Crippen LogP contribution in [0.3, 0.4) is 0 Å².